The summed E-state index contributed by atoms with van der Waals surface area (Å²) >= 11 is 1.30. The maximum Gasteiger partial charge on any atom is 0.262 e. The SMILES string of the molecule is O=C(CNC(=O)[C@@H](Cc1c[nH]c2ccccc12)NC(=O)c1cccs1)NCc1ccco1. The van der Waals surface area contributed by atoms with Crippen LogP contribution in [0.2, 0.25) is 0 Å². The molecule has 0 aliphatic rings. The van der Waals surface area contributed by atoms with Gasteiger partial charge in [-0.25, -0.2) is 0 Å². The molecular weight excluding hydrogens is 428 g/mol. The van der Waals surface area contributed by atoms with Gasteiger partial charge in [-0.2, -0.15) is 0 Å². The Bertz CT molecular complexity index is 1200. The Morgan fingerprint density at radius 1 is 1.03 bits per heavy atom. The predicted octanol–water partition coefficient (Wildman–Crippen LogP) is 2.60. The third-order valence-electron chi connectivity index (χ3n) is 4.93. The number of rotatable bonds is 9. The molecule has 3 aromatic heterocycles. The topological polar surface area (TPSA) is 116 Å². The van der Waals surface area contributed by atoms with Crippen molar-refractivity contribution in [1.29, 1.82) is 0 Å². The molecular formula is C23H22N4O4S. The van der Waals surface area contributed by atoms with Crippen molar-refractivity contribution in [2.45, 2.75) is 19.0 Å². The lowest BCUT2D eigenvalue weighted by atomic mass is 10.0. The Labute approximate surface area is 188 Å². The fourth-order valence-corrected chi connectivity index (χ4v) is 3.95. The van der Waals surface area contributed by atoms with Crippen molar-refractivity contribution < 1.29 is 18.8 Å². The maximum absolute atomic E-state index is 12.9. The number of benzene rings is 1. The van der Waals surface area contributed by atoms with Crippen LogP contribution in [0.4, 0.5) is 0 Å². The number of hydrogen-bond acceptors (Lipinski definition) is 5. The first-order chi connectivity index (χ1) is 15.6. The van der Waals surface area contributed by atoms with E-state index < -0.39 is 11.9 Å². The molecule has 4 aromatic rings. The Kier molecular flexibility index (Phi) is 6.66. The molecule has 1 aromatic carbocycles. The van der Waals surface area contributed by atoms with E-state index in [2.05, 4.69) is 20.9 Å². The van der Waals surface area contributed by atoms with Gasteiger partial charge in [0.25, 0.3) is 5.91 Å². The monoisotopic (exact) mass is 450 g/mol. The average Bonchev–Trinajstić information content (AvgIpc) is 3.58. The Morgan fingerprint density at radius 2 is 1.91 bits per heavy atom. The first-order valence-corrected chi connectivity index (χ1v) is 10.9. The number of aromatic amines is 1. The van der Waals surface area contributed by atoms with Crippen molar-refractivity contribution >= 4 is 40.0 Å². The average molecular weight is 451 g/mol. The zero-order chi connectivity index (χ0) is 22.3. The fourth-order valence-electron chi connectivity index (χ4n) is 3.32. The minimum atomic E-state index is -0.846. The van der Waals surface area contributed by atoms with E-state index >= 15 is 0 Å². The van der Waals surface area contributed by atoms with Crippen molar-refractivity contribution in [2.24, 2.45) is 0 Å². The molecule has 4 N–H and O–H groups in total. The lowest BCUT2D eigenvalue weighted by Crippen LogP contribution is -2.49. The van der Waals surface area contributed by atoms with Gasteiger partial charge in [0, 0.05) is 23.5 Å². The first kappa shape index (κ1) is 21.4. The molecule has 4 rings (SSSR count). The standard InChI is InChI=1S/C23H22N4O4S/c28-21(25-13-16-5-3-9-31-16)14-26-22(29)19(27-23(30)20-8-4-10-32-20)11-15-12-24-18-7-2-1-6-17(15)18/h1-10,12,19,24H,11,13-14H2,(H,25,28)(H,26,29)(H,27,30)/t19-/m1/s1. The van der Waals surface area contributed by atoms with E-state index in [-0.39, 0.29) is 31.3 Å². The van der Waals surface area contributed by atoms with Crippen LogP contribution in [0.5, 0.6) is 0 Å². The largest absolute Gasteiger partial charge is 0.467 e. The molecule has 0 fully saturated rings. The smallest absolute Gasteiger partial charge is 0.262 e. The van der Waals surface area contributed by atoms with Crippen LogP contribution in [0.1, 0.15) is 21.0 Å². The number of para-hydroxylation sites is 1. The second kappa shape index (κ2) is 9.97. The van der Waals surface area contributed by atoms with E-state index in [1.165, 1.54) is 17.6 Å². The van der Waals surface area contributed by atoms with Gasteiger partial charge in [0.15, 0.2) is 0 Å². The number of hydrogen-bond donors (Lipinski definition) is 4. The summed E-state index contributed by atoms with van der Waals surface area (Å²) in [5.41, 5.74) is 1.85. The summed E-state index contributed by atoms with van der Waals surface area (Å²) in [6, 6.07) is 13.9. The summed E-state index contributed by atoms with van der Waals surface area (Å²) in [4.78, 5) is 41.3. The number of carbonyl (C=O) groups excluding carboxylic acids is 3. The molecule has 0 unspecified atom stereocenters. The van der Waals surface area contributed by atoms with Crippen LogP contribution in [0.15, 0.2) is 70.8 Å². The molecule has 1 atom stereocenters. The highest BCUT2D eigenvalue weighted by atomic mass is 32.1. The van der Waals surface area contributed by atoms with Crippen LogP contribution >= 0.6 is 11.3 Å². The molecule has 0 saturated carbocycles. The van der Waals surface area contributed by atoms with Gasteiger partial charge in [0.1, 0.15) is 11.8 Å². The van der Waals surface area contributed by atoms with Crippen LogP contribution in [-0.4, -0.2) is 35.3 Å². The summed E-state index contributed by atoms with van der Waals surface area (Å²) < 4.78 is 5.17. The first-order valence-electron chi connectivity index (χ1n) is 10.1. The molecule has 3 amide bonds. The van der Waals surface area contributed by atoms with Crippen molar-refractivity contribution in [3.8, 4) is 0 Å². The third kappa shape index (κ3) is 5.25. The van der Waals surface area contributed by atoms with Crippen LogP contribution in [0.25, 0.3) is 10.9 Å². The van der Waals surface area contributed by atoms with Crippen LogP contribution in [0.3, 0.4) is 0 Å². The highest BCUT2D eigenvalue weighted by Gasteiger charge is 2.24. The van der Waals surface area contributed by atoms with Gasteiger partial charge in [-0.1, -0.05) is 24.3 Å². The molecule has 0 saturated heterocycles. The molecule has 0 bridgehead atoms. The molecule has 0 radical (unpaired) electrons. The molecule has 0 aliphatic carbocycles. The van der Waals surface area contributed by atoms with Gasteiger partial charge < -0.3 is 25.4 Å². The van der Waals surface area contributed by atoms with E-state index in [1.54, 1.807) is 29.6 Å². The highest BCUT2D eigenvalue weighted by molar-refractivity contribution is 7.12. The van der Waals surface area contributed by atoms with Gasteiger partial charge in [-0.15, -0.1) is 11.3 Å². The summed E-state index contributed by atoms with van der Waals surface area (Å²) in [5.74, 6) is -0.508. The summed E-state index contributed by atoms with van der Waals surface area (Å²) in [5, 5.41) is 10.9. The van der Waals surface area contributed by atoms with E-state index in [0.717, 1.165) is 16.5 Å². The lowest BCUT2D eigenvalue weighted by molar-refractivity contribution is -0.127. The summed E-state index contributed by atoms with van der Waals surface area (Å²) in [6.07, 6.45) is 3.63. The molecule has 3 heterocycles. The number of aromatic nitrogens is 1. The minimum Gasteiger partial charge on any atom is -0.467 e. The normalized spacial score (nSPS) is 11.8. The molecule has 32 heavy (non-hydrogen) atoms. The predicted molar refractivity (Wildman–Crippen MR) is 121 cm³/mol. The molecule has 0 aliphatic heterocycles. The maximum atomic E-state index is 12.9. The summed E-state index contributed by atoms with van der Waals surface area (Å²) in [7, 11) is 0. The van der Waals surface area contributed by atoms with Crippen LogP contribution < -0.4 is 16.0 Å². The second-order valence-electron chi connectivity index (χ2n) is 7.14. The molecule has 8 nitrogen and oxygen atoms in total. The van der Waals surface area contributed by atoms with Crippen molar-refractivity contribution in [3.05, 3.63) is 82.6 Å². The number of nitrogens with one attached hydrogen (secondary N) is 4. The Balaban J connectivity index is 1.42. The quantitative estimate of drug-likeness (QED) is 0.314. The number of H-pyrrole nitrogens is 1. The van der Waals surface area contributed by atoms with E-state index in [9.17, 15) is 14.4 Å². The van der Waals surface area contributed by atoms with E-state index in [1.807, 2.05) is 30.5 Å². The summed E-state index contributed by atoms with van der Waals surface area (Å²) in [6.45, 7) is 0.0222. The van der Waals surface area contributed by atoms with Gasteiger partial charge in [0.2, 0.25) is 11.8 Å². The van der Waals surface area contributed by atoms with Crippen LogP contribution in [0, 0.1) is 0 Å². The number of amides is 3. The highest BCUT2D eigenvalue weighted by Crippen LogP contribution is 2.19. The number of carbonyl (C=O) groups is 3. The van der Waals surface area contributed by atoms with Crippen LogP contribution in [-0.2, 0) is 22.6 Å². The van der Waals surface area contributed by atoms with Gasteiger partial charge in [-0.3, -0.25) is 14.4 Å². The zero-order valence-corrected chi connectivity index (χ0v) is 17.9. The number of furan rings is 1. The Morgan fingerprint density at radius 3 is 2.69 bits per heavy atom. The van der Waals surface area contributed by atoms with E-state index in [4.69, 9.17) is 4.42 Å². The molecule has 0 spiro atoms. The van der Waals surface area contributed by atoms with E-state index in [0.29, 0.717) is 10.6 Å². The fraction of sp³-hybridized carbons (Fsp3) is 0.174. The number of fused-ring (bicyclic) bond motifs is 1. The van der Waals surface area contributed by atoms with Gasteiger partial charge in [0.05, 0.1) is 24.2 Å². The van der Waals surface area contributed by atoms with Crippen molar-refractivity contribution in [1.82, 2.24) is 20.9 Å². The van der Waals surface area contributed by atoms with Crippen molar-refractivity contribution in [2.75, 3.05) is 6.54 Å². The second-order valence-corrected chi connectivity index (χ2v) is 8.09. The van der Waals surface area contributed by atoms with Gasteiger partial charge >= 0.3 is 0 Å². The third-order valence-corrected chi connectivity index (χ3v) is 5.80. The zero-order valence-electron chi connectivity index (χ0n) is 17.1. The number of thiophene rings is 1. The lowest BCUT2D eigenvalue weighted by Gasteiger charge is -2.18. The minimum absolute atomic E-state index is 0.210. The Hall–Kier alpha value is -3.85. The molecule has 9 heteroatoms. The van der Waals surface area contributed by atoms with Crippen molar-refractivity contribution in [3.63, 3.8) is 0 Å². The molecule has 164 valence electrons. The van der Waals surface area contributed by atoms with Gasteiger partial charge in [-0.05, 0) is 35.2 Å².